The SMILES string of the molecule is Cc1cc(CN=C=O)cc(F)c1C(F)F. The lowest BCUT2D eigenvalue weighted by atomic mass is 10.0. The minimum absolute atomic E-state index is 0.0508. The zero-order chi connectivity index (χ0) is 11.4. The highest BCUT2D eigenvalue weighted by molar-refractivity contribution is 5.36. The second kappa shape index (κ2) is 4.75. The van der Waals surface area contributed by atoms with Crippen LogP contribution in [0.25, 0.3) is 0 Å². The number of rotatable bonds is 3. The van der Waals surface area contributed by atoms with Gasteiger partial charge in [0.25, 0.3) is 6.43 Å². The minimum atomic E-state index is -2.84. The molecule has 0 heterocycles. The quantitative estimate of drug-likeness (QED) is 0.563. The van der Waals surface area contributed by atoms with Crippen LogP contribution in [0.3, 0.4) is 0 Å². The number of hydrogen-bond donors (Lipinski definition) is 0. The Labute approximate surface area is 84.4 Å². The van der Waals surface area contributed by atoms with Crippen LogP contribution >= 0.6 is 0 Å². The molecular weight excluding hydrogens is 207 g/mol. The fourth-order valence-electron chi connectivity index (χ4n) is 1.32. The summed E-state index contributed by atoms with van der Waals surface area (Å²) in [5.74, 6) is -0.971. The van der Waals surface area contributed by atoms with E-state index in [1.165, 1.54) is 19.1 Å². The molecule has 2 nitrogen and oxygen atoms in total. The number of halogens is 3. The van der Waals surface area contributed by atoms with Gasteiger partial charge < -0.3 is 0 Å². The zero-order valence-corrected chi connectivity index (χ0v) is 7.93. The van der Waals surface area contributed by atoms with E-state index < -0.39 is 17.8 Å². The van der Waals surface area contributed by atoms with Gasteiger partial charge in [0.1, 0.15) is 5.82 Å². The molecule has 0 unspecified atom stereocenters. The molecule has 5 heteroatoms. The molecule has 0 spiro atoms. The highest BCUT2D eigenvalue weighted by Crippen LogP contribution is 2.26. The molecule has 0 aliphatic rings. The molecule has 1 aromatic rings. The highest BCUT2D eigenvalue weighted by atomic mass is 19.3. The standard InChI is InChI=1S/C10H8F3NO/c1-6-2-7(4-14-5-15)3-8(11)9(6)10(12)13/h2-3,10H,4H2,1H3. The zero-order valence-electron chi connectivity index (χ0n) is 7.93. The molecule has 0 saturated carbocycles. The molecule has 0 radical (unpaired) electrons. The smallest absolute Gasteiger partial charge is 0.211 e. The summed E-state index contributed by atoms with van der Waals surface area (Å²) in [4.78, 5) is 13.1. The van der Waals surface area contributed by atoms with Gasteiger partial charge in [-0.1, -0.05) is 6.07 Å². The van der Waals surface area contributed by atoms with E-state index in [-0.39, 0.29) is 12.1 Å². The predicted octanol–water partition coefficient (Wildman–Crippen LogP) is 2.91. The molecule has 1 aromatic carbocycles. The monoisotopic (exact) mass is 215 g/mol. The van der Waals surface area contributed by atoms with Crippen LogP contribution in [0, 0.1) is 12.7 Å². The second-order valence-corrected chi connectivity index (χ2v) is 3.02. The maximum absolute atomic E-state index is 13.2. The molecule has 0 fully saturated rings. The van der Waals surface area contributed by atoms with E-state index in [1.807, 2.05) is 0 Å². The normalized spacial score (nSPS) is 10.2. The Morgan fingerprint density at radius 3 is 2.60 bits per heavy atom. The van der Waals surface area contributed by atoms with E-state index >= 15 is 0 Å². The molecule has 0 atom stereocenters. The summed E-state index contributed by atoms with van der Waals surface area (Å²) >= 11 is 0. The molecule has 0 aromatic heterocycles. The van der Waals surface area contributed by atoms with Crippen molar-refractivity contribution in [3.05, 3.63) is 34.6 Å². The predicted molar refractivity (Wildman–Crippen MR) is 47.9 cm³/mol. The summed E-state index contributed by atoms with van der Waals surface area (Å²) in [5, 5.41) is 0. The maximum atomic E-state index is 13.2. The summed E-state index contributed by atoms with van der Waals surface area (Å²) in [6, 6.07) is 2.33. The first-order valence-corrected chi connectivity index (χ1v) is 4.17. The molecule has 0 N–H and O–H groups in total. The number of carbonyl (C=O) groups excluding carboxylic acids is 1. The Hall–Kier alpha value is -1.61. The van der Waals surface area contributed by atoms with Gasteiger partial charge in [-0.15, -0.1) is 0 Å². The first-order chi connectivity index (χ1) is 7.06. The van der Waals surface area contributed by atoms with E-state index in [0.717, 1.165) is 6.07 Å². The van der Waals surface area contributed by atoms with Crippen LogP contribution in [0.1, 0.15) is 23.1 Å². The van der Waals surface area contributed by atoms with Crippen molar-refractivity contribution in [1.29, 1.82) is 0 Å². The minimum Gasteiger partial charge on any atom is -0.211 e. The number of alkyl halides is 2. The Morgan fingerprint density at radius 2 is 2.13 bits per heavy atom. The van der Waals surface area contributed by atoms with E-state index in [9.17, 15) is 18.0 Å². The lowest BCUT2D eigenvalue weighted by Gasteiger charge is -2.07. The van der Waals surface area contributed by atoms with Gasteiger partial charge in [-0.2, -0.15) is 0 Å². The molecule has 0 aliphatic heterocycles. The van der Waals surface area contributed by atoms with Crippen LogP contribution < -0.4 is 0 Å². The van der Waals surface area contributed by atoms with Crippen LogP contribution in [0.2, 0.25) is 0 Å². The van der Waals surface area contributed by atoms with Gasteiger partial charge in [-0.3, -0.25) is 0 Å². The van der Waals surface area contributed by atoms with Crippen molar-refractivity contribution < 1.29 is 18.0 Å². The van der Waals surface area contributed by atoms with E-state index in [1.54, 1.807) is 0 Å². The Kier molecular flexibility index (Phi) is 3.63. The molecule has 0 amide bonds. The fourth-order valence-corrected chi connectivity index (χ4v) is 1.32. The lowest BCUT2D eigenvalue weighted by molar-refractivity contribution is 0.145. The van der Waals surface area contributed by atoms with Gasteiger partial charge in [-0.25, -0.2) is 23.0 Å². The molecule has 0 bridgehead atoms. The van der Waals surface area contributed by atoms with Crippen LogP contribution in [0.5, 0.6) is 0 Å². The van der Waals surface area contributed by atoms with E-state index in [4.69, 9.17) is 0 Å². The van der Waals surface area contributed by atoms with Crippen molar-refractivity contribution in [2.75, 3.05) is 0 Å². The van der Waals surface area contributed by atoms with Crippen molar-refractivity contribution in [2.45, 2.75) is 19.9 Å². The summed E-state index contributed by atoms with van der Waals surface area (Å²) in [6.45, 7) is 1.34. The summed E-state index contributed by atoms with van der Waals surface area (Å²) in [6.07, 6.45) is -1.54. The average Bonchev–Trinajstić information content (AvgIpc) is 2.12. The average molecular weight is 215 g/mol. The molecule has 80 valence electrons. The Balaban J connectivity index is 3.13. The number of isocyanates is 1. The van der Waals surface area contributed by atoms with E-state index in [0.29, 0.717) is 5.56 Å². The number of benzene rings is 1. The molecule has 15 heavy (non-hydrogen) atoms. The highest BCUT2D eigenvalue weighted by Gasteiger charge is 2.16. The molecule has 0 aliphatic carbocycles. The van der Waals surface area contributed by atoms with Crippen molar-refractivity contribution in [3.8, 4) is 0 Å². The van der Waals surface area contributed by atoms with Crippen molar-refractivity contribution in [3.63, 3.8) is 0 Å². The number of hydrogen-bond acceptors (Lipinski definition) is 2. The molecular formula is C10H8F3NO. The van der Waals surface area contributed by atoms with E-state index in [2.05, 4.69) is 4.99 Å². The van der Waals surface area contributed by atoms with Gasteiger partial charge >= 0.3 is 0 Å². The van der Waals surface area contributed by atoms with Crippen LogP contribution in [-0.2, 0) is 11.3 Å². The van der Waals surface area contributed by atoms with Crippen LogP contribution in [0.15, 0.2) is 17.1 Å². The Morgan fingerprint density at radius 1 is 1.47 bits per heavy atom. The third kappa shape index (κ3) is 2.67. The third-order valence-electron chi connectivity index (χ3n) is 1.94. The maximum Gasteiger partial charge on any atom is 0.266 e. The molecule has 1 rings (SSSR count). The summed E-state index contributed by atoms with van der Waals surface area (Å²) in [5.41, 5.74) is -0.0762. The fraction of sp³-hybridized carbons (Fsp3) is 0.300. The number of nitrogens with zero attached hydrogens (tertiary/aromatic N) is 1. The van der Waals surface area contributed by atoms with Crippen molar-refractivity contribution in [1.82, 2.24) is 0 Å². The molecule has 0 saturated heterocycles. The second-order valence-electron chi connectivity index (χ2n) is 3.02. The largest absolute Gasteiger partial charge is 0.266 e. The third-order valence-corrected chi connectivity index (χ3v) is 1.94. The Bertz CT molecular complexity index is 388. The van der Waals surface area contributed by atoms with Gasteiger partial charge in [0.15, 0.2) is 0 Å². The first-order valence-electron chi connectivity index (χ1n) is 4.17. The van der Waals surface area contributed by atoms with Crippen LogP contribution in [0.4, 0.5) is 13.2 Å². The topological polar surface area (TPSA) is 29.4 Å². The van der Waals surface area contributed by atoms with Gasteiger partial charge in [-0.05, 0) is 24.1 Å². The van der Waals surface area contributed by atoms with Gasteiger partial charge in [0, 0.05) is 0 Å². The number of aliphatic imine (C=N–C) groups is 1. The summed E-state index contributed by atoms with van der Waals surface area (Å²) in [7, 11) is 0. The van der Waals surface area contributed by atoms with Crippen molar-refractivity contribution >= 4 is 6.08 Å². The number of aryl methyl sites for hydroxylation is 1. The van der Waals surface area contributed by atoms with Gasteiger partial charge in [0.05, 0.1) is 12.1 Å². The van der Waals surface area contributed by atoms with Crippen LogP contribution in [-0.4, -0.2) is 6.08 Å². The summed E-state index contributed by atoms with van der Waals surface area (Å²) < 4.78 is 37.9. The van der Waals surface area contributed by atoms with Gasteiger partial charge in [0.2, 0.25) is 6.08 Å². The lowest BCUT2D eigenvalue weighted by Crippen LogP contribution is -1.97. The van der Waals surface area contributed by atoms with Crippen molar-refractivity contribution in [2.24, 2.45) is 4.99 Å². The first kappa shape index (κ1) is 11.5.